The van der Waals surface area contributed by atoms with Crippen LogP contribution < -0.4 is 11.5 Å². The molecule has 1 rings (SSSR count). The molecule has 1 aliphatic rings. The number of nitrogens with two attached hydrogens (primary N) is 2. The minimum Gasteiger partial charge on any atom is -0.449 e. The Labute approximate surface area is 113 Å². The number of hydrogen-bond donors (Lipinski definition) is 2. The van der Waals surface area contributed by atoms with Gasteiger partial charge in [-0.1, -0.05) is 25.5 Å². The molecule has 6 nitrogen and oxygen atoms in total. The summed E-state index contributed by atoms with van der Waals surface area (Å²) in [7, 11) is 0. The monoisotopic (exact) mass is 270 g/mol. The van der Waals surface area contributed by atoms with Crippen molar-refractivity contribution in [3.8, 4) is 0 Å². The Morgan fingerprint density at radius 1 is 1.26 bits per heavy atom. The van der Waals surface area contributed by atoms with Gasteiger partial charge in [-0.15, -0.1) is 0 Å². The molecular formula is C13H22N2O4. The molecule has 108 valence electrons. The maximum absolute atomic E-state index is 10.9. The van der Waals surface area contributed by atoms with Gasteiger partial charge in [0, 0.05) is 5.41 Å². The van der Waals surface area contributed by atoms with Crippen molar-refractivity contribution in [2.24, 2.45) is 28.7 Å². The first-order chi connectivity index (χ1) is 8.78. The van der Waals surface area contributed by atoms with Crippen LogP contribution in [0.4, 0.5) is 9.59 Å². The van der Waals surface area contributed by atoms with Gasteiger partial charge in [0.25, 0.3) is 0 Å². The zero-order valence-corrected chi connectivity index (χ0v) is 11.6. The van der Waals surface area contributed by atoms with Gasteiger partial charge >= 0.3 is 12.2 Å². The average Bonchev–Trinajstić information content (AvgIpc) is 2.26. The number of rotatable bonds is 4. The zero-order chi connectivity index (χ0) is 14.6. The lowest BCUT2D eigenvalue weighted by Gasteiger charge is -2.44. The molecule has 0 aromatic carbocycles. The molecule has 0 aromatic rings. The largest absolute Gasteiger partial charge is 0.449 e. The van der Waals surface area contributed by atoms with E-state index in [4.69, 9.17) is 20.9 Å². The summed E-state index contributed by atoms with van der Waals surface area (Å²) in [4.78, 5) is 21.7. The van der Waals surface area contributed by atoms with Crippen LogP contribution in [0.15, 0.2) is 11.6 Å². The number of carbonyl (C=O) groups excluding carboxylic acids is 2. The molecule has 0 saturated heterocycles. The first kappa shape index (κ1) is 15.3. The molecule has 0 fully saturated rings. The predicted molar refractivity (Wildman–Crippen MR) is 70.2 cm³/mol. The molecule has 6 heteroatoms. The Kier molecular flexibility index (Phi) is 4.80. The van der Waals surface area contributed by atoms with Gasteiger partial charge < -0.3 is 20.9 Å². The van der Waals surface area contributed by atoms with E-state index in [9.17, 15) is 9.59 Å². The summed E-state index contributed by atoms with van der Waals surface area (Å²) in [5, 5.41) is 0. The highest BCUT2D eigenvalue weighted by Gasteiger charge is 2.45. The van der Waals surface area contributed by atoms with Gasteiger partial charge in [-0.3, -0.25) is 0 Å². The van der Waals surface area contributed by atoms with E-state index in [1.807, 2.05) is 13.8 Å². The molecular weight excluding hydrogens is 248 g/mol. The fourth-order valence-electron chi connectivity index (χ4n) is 2.80. The van der Waals surface area contributed by atoms with Gasteiger partial charge in [-0.2, -0.15) is 0 Å². The molecule has 19 heavy (non-hydrogen) atoms. The molecule has 0 radical (unpaired) electrons. The van der Waals surface area contributed by atoms with Crippen LogP contribution in [0.5, 0.6) is 0 Å². The maximum atomic E-state index is 10.9. The lowest BCUT2D eigenvalue weighted by molar-refractivity contribution is -0.0330. The van der Waals surface area contributed by atoms with Crippen LogP contribution in [0.3, 0.4) is 0 Å². The summed E-state index contributed by atoms with van der Waals surface area (Å²) in [5.74, 6) is 0.279. The minimum absolute atomic E-state index is 0.0925. The van der Waals surface area contributed by atoms with E-state index in [-0.39, 0.29) is 25.0 Å². The Morgan fingerprint density at radius 2 is 1.74 bits per heavy atom. The first-order valence-corrected chi connectivity index (χ1v) is 6.29. The number of carbonyl (C=O) groups is 2. The van der Waals surface area contributed by atoms with Gasteiger partial charge in [0.2, 0.25) is 0 Å². The quantitative estimate of drug-likeness (QED) is 0.759. The fourth-order valence-corrected chi connectivity index (χ4v) is 2.80. The van der Waals surface area contributed by atoms with E-state index < -0.39 is 17.6 Å². The van der Waals surface area contributed by atoms with Crippen LogP contribution in [-0.4, -0.2) is 25.4 Å². The molecule has 0 saturated carbocycles. The molecule has 0 heterocycles. The number of primary amides is 2. The van der Waals surface area contributed by atoms with Crippen LogP contribution in [-0.2, 0) is 9.47 Å². The molecule has 0 spiro atoms. The summed E-state index contributed by atoms with van der Waals surface area (Å²) in [5.41, 5.74) is 10.9. The van der Waals surface area contributed by atoms with E-state index in [2.05, 4.69) is 13.0 Å². The van der Waals surface area contributed by atoms with Crippen LogP contribution in [0.2, 0.25) is 0 Å². The normalized spacial score (nSPS) is 25.3. The predicted octanol–water partition coefficient (Wildman–Crippen LogP) is 1.79. The van der Waals surface area contributed by atoms with Crippen molar-refractivity contribution in [1.82, 2.24) is 0 Å². The second kappa shape index (κ2) is 5.95. The highest BCUT2D eigenvalue weighted by Crippen LogP contribution is 2.44. The van der Waals surface area contributed by atoms with Crippen molar-refractivity contribution >= 4 is 12.2 Å². The Balaban J connectivity index is 2.95. The minimum atomic E-state index is -0.830. The second-order valence-corrected chi connectivity index (χ2v) is 5.36. The third kappa shape index (κ3) is 3.62. The third-order valence-corrected chi connectivity index (χ3v) is 4.02. The molecule has 0 aliphatic heterocycles. The Morgan fingerprint density at radius 3 is 2.11 bits per heavy atom. The van der Waals surface area contributed by atoms with Crippen molar-refractivity contribution in [3.63, 3.8) is 0 Å². The second-order valence-electron chi connectivity index (χ2n) is 5.36. The third-order valence-electron chi connectivity index (χ3n) is 4.02. The van der Waals surface area contributed by atoms with Crippen LogP contribution in [0, 0.1) is 17.3 Å². The molecule has 4 N–H and O–H groups in total. The maximum Gasteiger partial charge on any atom is 0.404 e. The summed E-state index contributed by atoms with van der Waals surface area (Å²) in [6.07, 6.45) is 1.30. The zero-order valence-electron chi connectivity index (χ0n) is 11.6. The lowest BCUT2D eigenvalue weighted by atomic mass is 9.63. The number of hydrogen-bond acceptors (Lipinski definition) is 4. The van der Waals surface area contributed by atoms with Gasteiger partial charge in [0.15, 0.2) is 0 Å². The van der Waals surface area contributed by atoms with Gasteiger partial charge in [0.1, 0.15) is 13.2 Å². The average molecular weight is 270 g/mol. The highest BCUT2D eigenvalue weighted by molar-refractivity contribution is 5.65. The first-order valence-electron chi connectivity index (χ1n) is 6.29. The molecule has 0 bridgehead atoms. The smallest absolute Gasteiger partial charge is 0.404 e. The van der Waals surface area contributed by atoms with Crippen LogP contribution >= 0.6 is 0 Å². The SMILES string of the molecule is CC1=C[C@H](C)C(COC(N)=O)(COC(N)=O)[C@H](C)C1. The lowest BCUT2D eigenvalue weighted by Crippen LogP contribution is -2.47. The standard InChI is InChI=1S/C13H22N2O4/c1-8-4-9(2)13(10(3)5-8,6-18-11(14)16)7-19-12(15)17/h4,9-10H,5-7H2,1-3H3,(H2,14,16)(H2,15,17)/t9-,10+/m0/s1. The molecule has 1 aliphatic carbocycles. The molecule has 2 atom stereocenters. The van der Waals surface area contributed by atoms with E-state index in [1.54, 1.807) is 0 Å². The van der Waals surface area contributed by atoms with Crippen molar-refractivity contribution in [2.45, 2.75) is 27.2 Å². The van der Waals surface area contributed by atoms with E-state index in [0.29, 0.717) is 0 Å². The Bertz CT molecular complexity index is 374. The number of ether oxygens (including phenoxy) is 2. The number of amides is 2. The van der Waals surface area contributed by atoms with Crippen LogP contribution in [0.25, 0.3) is 0 Å². The molecule has 0 unspecified atom stereocenters. The van der Waals surface area contributed by atoms with Crippen molar-refractivity contribution in [3.05, 3.63) is 11.6 Å². The summed E-state index contributed by atoms with van der Waals surface area (Å²) < 4.78 is 9.94. The summed E-state index contributed by atoms with van der Waals surface area (Å²) in [6, 6.07) is 0. The van der Waals surface area contributed by atoms with Crippen molar-refractivity contribution in [1.29, 1.82) is 0 Å². The summed E-state index contributed by atoms with van der Waals surface area (Å²) >= 11 is 0. The topological polar surface area (TPSA) is 105 Å². The van der Waals surface area contributed by atoms with Crippen molar-refractivity contribution < 1.29 is 19.1 Å². The number of allylic oxidation sites excluding steroid dienone is 2. The fraction of sp³-hybridized carbons (Fsp3) is 0.692. The van der Waals surface area contributed by atoms with Gasteiger partial charge in [-0.25, -0.2) is 9.59 Å². The van der Waals surface area contributed by atoms with E-state index in [1.165, 1.54) is 5.57 Å². The van der Waals surface area contributed by atoms with E-state index in [0.717, 1.165) is 6.42 Å². The van der Waals surface area contributed by atoms with E-state index >= 15 is 0 Å². The van der Waals surface area contributed by atoms with Crippen molar-refractivity contribution in [2.75, 3.05) is 13.2 Å². The highest BCUT2D eigenvalue weighted by atomic mass is 16.6. The van der Waals surface area contributed by atoms with Gasteiger partial charge in [-0.05, 0) is 25.2 Å². The summed E-state index contributed by atoms with van der Waals surface area (Å²) in [6.45, 7) is 6.33. The van der Waals surface area contributed by atoms with Gasteiger partial charge in [0.05, 0.1) is 0 Å². The Hall–Kier alpha value is -1.72. The molecule has 0 aromatic heterocycles. The van der Waals surface area contributed by atoms with Crippen LogP contribution in [0.1, 0.15) is 27.2 Å². The molecule has 2 amide bonds.